The predicted molar refractivity (Wildman–Crippen MR) is 54.8 cm³/mol. The number of aliphatic imine (C=N–C) groups is 1. The summed E-state index contributed by atoms with van der Waals surface area (Å²) < 4.78 is 26.2. The van der Waals surface area contributed by atoms with Crippen LogP contribution in [0.3, 0.4) is 0 Å². The van der Waals surface area contributed by atoms with E-state index >= 15 is 0 Å². The number of benzene rings is 1. The van der Waals surface area contributed by atoms with Crippen molar-refractivity contribution in [3.63, 3.8) is 0 Å². The average Bonchev–Trinajstić information content (AvgIpc) is 2.66. The summed E-state index contributed by atoms with van der Waals surface area (Å²) in [6.45, 7) is 1.50. The van der Waals surface area contributed by atoms with Crippen molar-refractivity contribution >= 4 is 11.5 Å². The zero-order valence-electron chi connectivity index (χ0n) is 8.06. The second-order valence-corrected chi connectivity index (χ2v) is 3.41. The van der Waals surface area contributed by atoms with Gasteiger partial charge in [-0.15, -0.1) is 0 Å². The zero-order valence-corrected chi connectivity index (χ0v) is 8.06. The monoisotopic (exact) mass is 211 g/mol. The molecule has 80 valence electrons. The Balaban J connectivity index is 2.22. The van der Waals surface area contributed by atoms with E-state index in [4.69, 9.17) is 5.73 Å². The molecule has 0 amide bonds. The Morgan fingerprint density at radius 2 is 2.00 bits per heavy atom. The molecular formula is C10H11F2N3. The highest BCUT2D eigenvalue weighted by molar-refractivity contribution is 5.85. The summed E-state index contributed by atoms with van der Waals surface area (Å²) >= 11 is 0. The molecule has 1 aromatic rings. The molecular weight excluding hydrogens is 200 g/mol. The van der Waals surface area contributed by atoms with Crippen molar-refractivity contribution in [2.75, 3.05) is 18.8 Å². The second kappa shape index (κ2) is 3.84. The SMILES string of the molecule is Nc1c(F)cc(CC2=NCCN2)cc1F. The van der Waals surface area contributed by atoms with E-state index in [9.17, 15) is 8.78 Å². The molecule has 0 aliphatic carbocycles. The molecule has 0 radical (unpaired) electrons. The van der Waals surface area contributed by atoms with Gasteiger partial charge in [0.25, 0.3) is 0 Å². The van der Waals surface area contributed by atoms with E-state index in [1.54, 1.807) is 0 Å². The fourth-order valence-electron chi connectivity index (χ4n) is 1.50. The summed E-state index contributed by atoms with van der Waals surface area (Å²) in [5.41, 5.74) is 5.27. The van der Waals surface area contributed by atoms with E-state index in [2.05, 4.69) is 10.3 Å². The van der Waals surface area contributed by atoms with Crippen LogP contribution in [-0.2, 0) is 6.42 Å². The summed E-state index contributed by atoms with van der Waals surface area (Å²) in [6, 6.07) is 2.47. The number of nitrogens with one attached hydrogen (secondary N) is 1. The highest BCUT2D eigenvalue weighted by Gasteiger charge is 2.11. The molecule has 0 unspecified atom stereocenters. The fraction of sp³-hybridized carbons (Fsp3) is 0.300. The van der Waals surface area contributed by atoms with Crippen molar-refractivity contribution in [2.45, 2.75) is 6.42 Å². The molecule has 5 heteroatoms. The number of hydrogen-bond donors (Lipinski definition) is 2. The van der Waals surface area contributed by atoms with Gasteiger partial charge in [-0.2, -0.15) is 0 Å². The molecule has 15 heavy (non-hydrogen) atoms. The van der Waals surface area contributed by atoms with Crippen LogP contribution in [0.15, 0.2) is 17.1 Å². The van der Waals surface area contributed by atoms with Crippen LogP contribution in [0.1, 0.15) is 5.56 Å². The Labute approximate surface area is 86.0 Å². The van der Waals surface area contributed by atoms with Crippen LogP contribution in [0, 0.1) is 11.6 Å². The second-order valence-electron chi connectivity index (χ2n) is 3.41. The van der Waals surface area contributed by atoms with Crippen LogP contribution < -0.4 is 11.1 Å². The molecule has 0 aromatic heterocycles. The van der Waals surface area contributed by atoms with Gasteiger partial charge in [0.1, 0.15) is 23.2 Å². The summed E-state index contributed by atoms with van der Waals surface area (Å²) in [7, 11) is 0. The van der Waals surface area contributed by atoms with Crippen molar-refractivity contribution in [2.24, 2.45) is 4.99 Å². The number of nitrogens with two attached hydrogens (primary N) is 1. The molecule has 2 rings (SSSR count). The highest BCUT2D eigenvalue weighted by Crippen LogP contribution is 2.17. The van der Waals surface area contributed by atoms with Gasteiger partial charge < -0.3 is 11.1 Å². The Bertz CT molecular complexity index is 392. The van der Waals surface area contributed by atoms with Crippen molar-refractivity contribution in [3.8, 4) is 0 Å². The quantitative estimate of drug-likeness (QED) is 0.719. The van der Waals surface area contributed by atoms with Crippen LogP contribution in [0.5, 0.6) is 0 Å². The van der Waals surface area contributed by atoms with Crippen LogP contribution in [0.2, 0.25) is 0 Å². The van der Waals surface area contributed by atoms with E-state index < -0.39 is 17.3 Å². The van der Waals surface area contributed by atoms with Gasteiger partial charge in [-0.25, -0.2) is 8.78 Å². The summed E-state index contributed by atoms with van der Waals surface area (Å²) in [5.74, 6) is -0.675. The third-order valence-corrected chi connectivity index (χ3v) is 2.25. The number of halogens is 2. The Hall–Kier alpha value is -1.65. The number of nitrogen functional groups attached to an aromatic ring is 1. The molecule has 3 nitrogen and oxygen atoms in total. The lowest BCUT2D eigenvalue weighted by Crippen LogP contribution is -2.20. The van der Waals surface area contributed by atoms with E-state index in [1.807, 2.05) is 0 Å². The molecule has 3 N–H and O–H groups in total. The van der Waals surface area contributed by atoms with Gasteiger partial charge in [-0.3, -0.25) is 4.99 Å². The fourth-order valence-corrected chi connectivity index (χ4v) is 1.50. The maximum absolute atomic E-state index is 13.1. The third-order valence-electron chi connectivity index (χ3n) is 2.25. The van der Waals surface area contributed by atoms with E-state index in [0.717, 1.165) is 18.9 Å². The molecule has 0 fully saturated rings. The molecule has 1 heterocycles. The first-order valence-corrected chi connectivity index (χ1v) is 4.67. The van der Waals surface area contributed by atoms with Crippen LogP contribution >= 0.6 is 0 Å². The highest BCUT2D eigenvalue weighted by atomic mass is 19.1. The Morgan fingerprint density at radius 3 is 2.53 bits per heavy atom. The van der Waals surface area contributed by atoms with E-state index in [-0.39, 0.29) is 0 Å². The lowest BCUT2D eigenvalue weighted by Gasteiger charge is -2.05. The van der Waals surface area contributed by atoms with Crippen LogP contribution in [0.25, 0.3) is 0 Å². The number of hydrogen-bond acceptors (Lipinski definition) is 3. The molecule has 0 saturated heterocycles. The molecule has 1 aliphatic rings. The van der Waals surface area contributed by atoms with Crippen molar-refractivity contribution in [1.82, 2.24) is 5.32 Å². The molecule has 1 aromatic carbocycles. The largest absolute Gasteiger partial charge is 0.394 e. The number of anilines is 1. The first-order chi connectivity index (χ1) is 7.16. The predicted octanol–water partition coefficient (Wildman–Crippen LogP) is 1.09. The van der Waals surface area contributed by atoms with Gasteiger partial charge >= 0.3 is 0 Å². The minimum Gasteiger partial charge on any atom is -0.394 e. The molecule has 0 bridgehead atoms. The minimum absolute atomic E-state index is 0.411. The van der Waals surface area contributed by atoms with E-state index in [1.165, 1.54) is 12.1 Å². The number of nitrogens with zero attached hydrogens (tertiary/aromatic N) is 1. The first-order valence-electron chi connectivity index (χ1n) is 4.67. The topological polar surface area (TPSA) is 50.4 Å². The first kappa shape index (κ1) is 9.89. The Kier molecular flexibility index (Phi) is 2.53. The van der Waals surface area contributed by atoms with Crippen LogP contribution in [0.4, 0.5) is 14.5 Å². The van der Waals surface area contributed by atoms with Crippen molar-refractivity contribution in [1.29, 1.82) is 0 Å². The molecule has 1 aliphatic heterocycles. The molecule has 0 spiro atoms. The lowest BCUT2D eigenvalue weighted by molar-refractivity contribution is 0.589. The van der Waals surface area contributed by atoms with E-state index in [0.29, 0.717) is 12.0 Å². The number of amidine groups is 1. The minimum atomic E-state index is -0.719. The average molecular weight is 211 g/mol. The normalized spacial score (nSPS) is 14.9. The maximum atomic E-state index is 13.1. The number of rotatable bonds is 2. The smallest absolute Gasteiger partial charge is 0.149 e. The van der Waals surface area contributed by atoms with Gasteiger partial charge in [0.2, 0.25) is 0 Å². The van der Waals surface area contributed by atoms with Crippen molar-refractivity contribution in [3.05, 3.63) is 29.3 Å². The zero-order chi connectivity index (χ0) is 10.8. The van der Waals surface area contributed by atoms with Gasteiger partial charge in [0.05, 0.1) is 6.54 Å². The summed E-state index contributed by atoms with van der Waals surface area (Å²) in [4.78, 5) is 4.14. The Morgan fingerprint density at radius 1 is 1.33 bits per heavy atom. The van der Waals surface area contributed by atoms with Gasteiger partial charge in [0.15, 0.2) is 0 Å². The van der Waals surface area contributed by atoms with Gasteiger partial charge in [-0.1, -0.05) is 0 Å². The van der Waals surface area contributed by atoms with Gasteiger partial charge in [0, 0.05) is 13.0 Å². The van der Waals surface area contributed by atoms with Gasteiger partial charge in [-0.05, 0) is 17.7 Å². The lowest BCUT2D eigenvalue weighted by atomic mass is 10.1. The maximum Gasteiger partial charge on any atom is 0.149 e. The third kappa shape index (κ3) is 2.06. The summed E-state index contributed by atoms with van der Waals surface area (Å²) in [5, 5.41) is 3.03. The standard InChI is InChI=1S/C10H11F2N3/c11-7-3-6(4-8(12)10(7)13)5-9-14-1-2-15-9/h3-4H,1-2,5,13H2,(H,14,15). The molecule has 0 atom stereocenters. The summed E-state index contributed by atoms with van der Waals surface area (Å²) in [6.07, 6.45) is 0.411. The van der Waals surface area contributed by atoms with Crippen LogP contribution in [-0.4, -0.2) is 18.9 Å². The van der Waals surface area contributed by atoms with Crippen molar-refractivity contribution < 1.29 is 8.78 Å². The molecule has 0 saturated carbocycles.